The first-order valence-electron chi connectivity index (χ1n) is 10.6. The maximum absolute atomic E-state index is 13.3. The number of aliphatic hydroxyl groups excluding tert-OH is 2. The van der Waals surface area contributed by atoms with Crippen molar-refractivity contribution in [1.82, 2.24) is 14.8 Å². The van der Waals surface area contributed by atoms with Crippen LogP contribution in [0.3, 0.4) is 0 Å². The molecule has 3 heterocycles. The second-order valence-electron chi connectivity index (χ2n) is 8.18. The van der Waals surface area contributed by atoms with Crippen LogP contribution < -0.4 is 5.43 Å². The highest BCUT2D eigenvalue weighted by Crippen LogP contribution is 2.39. The molecule has 176 valence electrons. The van der Waals surface area contributed by atoms with E-state index in [9.17, 15) is 24.5 Å². The summed E-state index contributed by atoms with van der Waals surface area (Å²) in [4.78, 5) is 15.8. The number of benzene rings is 2. The van der Waals surface area contributed by atoms with Gasteiger partial charge in [0, 0.05) is 11.1 Å². The van der Waals surface area contributed by atoms with E-state index < -0.39 is 30.5 Å². The van der Waals surface area contributed by atoms with Gasteiger partial charge in [0.1, 0.15) is 24.4 Å². The number of aliphatic imine (C=N–C) groups is 1. The van der Waals surface area contributed by atoms with Crippen LogP contribution in [0.1, 0.15) is 29.1 Å². The van der Waals surface area contributed by atoms with E-state index in [1.54, 1.807) is 42.5 Å². The number of hydrogen-bond acceptors (Lipinski definition) is 8. The molecule has 2 aromatic carbocycles. The van der Waals surface area contributed by atoms with Crippen molar-refractivity contribution >= 4 is 23.8 Å². The molecule has 2 aliphatic heterocycles. The van der Waals surface area contributed by atoms with Crippen LogP contribution >= 0.6 is 0 Å². The molecule has 0 spiro atoms. The molecule has 0 amide bonds. The molecule has 0 bridgehead atoms. The fraction of sp³-hybridized carbons (Fsp3) is 0.261. The molecule has 4 atom stereocenters. The van der Waals surface area contributed by atoms with Gasteiger partial charge in [0.2, 0.25) is 0 Å². The first kappa shape index (κ1) is 22.0. The van der Waals surface area contributed by atoms with E-state index in [4.69, 9.17) is 4.74 Å². The minimum Gasteiger partial charge on any atom is -0.478 e. The summed E-state index contributed by atoms with van der Waals surface area (Å²) in [5.74, 6) is -0.941. The zero-order valence-corrected chi connectivity index (χ0v) is 18.0. The van der Waals surface area contributed by atoms with Crippen molar-refractivity contribution in [2.75, 3.05) is 5.43 Å². The Labute approximate surface area is 193 Å². The third-order valence-electron chi connectivity index (χ3n) is 5.87. The molecule has 0 aliphatic carbocycles. The Bertz CT molecular complexity index is 1240. The molecular weight excluding hydrogens is 445 g/mol. The first-order valence-corrected chi connectivity index (χ1v) is 10.6. The van der Waals surface area contributed by atoms with Gasteiger partial charge in [-0.25, -0.2) is 18.9 Å². The third kappa shape index (κ3) is 3.89. The van der Waals surface area contributed by atoms with Crippen LogP contribution in [-0.2, 0) is 11.3 Å². The average molecular weight is 467 g/mol. The van der Waals surface area contributed by atoms with Gasteiger partial charge in [-0.1, -0.05) is 12.1 Å². The van der Waals surface area contributed by atoms with Gasteiger partial charge in [0.25, 0.3) is 0 Å². The maximum atomic E-state index is 13.3. The molecule has 11 heteroatoms. The Kier molecular flexibility index (Phi) is 5.52. The lowest BCUT2D eigenvalue weighted by Crippen LogP contribution is -2.32. The van der Waals surface area contributed by atoms with Gasteiger partial charge in [-0.3, -0.25) is 10.4 Å². The van der Waals surface area contributed by atoms with Crippen LogP contribution in [0.5, 0.6) is 0 Å². The summed E-state index contributed by atoms with van der Waals surface area (Å²) in [6.07, 6.45) is -2.27. The number of fused-ring (bicyclic) bond motifs is 1. The zero-order chi connectivity index (χ0) is 24.0. The number of carboxylic acids is 1. The molecular formula is C23H22FN5O5. The van der Waals surface area contributed by atoms with Crippen molar-refractivity contribution in [2.45, 2.75) is 38.0 Å². The molecule has 0 unspecified atom stereocenters. The lowest BCUT2D eigenvalue weighted by Gasteiger charge is -2.25. The fourth-order valence-electron chi connectivity index (χ4n) is 4.05. The minimum atomic E-state index is -1.20. The van der Waals surface area contributed by atoms with Gasteiger partial charge in [-0.15, -0.1) is 0 Å². The van der Waals surface area contributed by atoms with Crippen LogP contribution in [0.15, 0.2) is 53.5 Å². The monoisotopic (exact) mass is 467 g/mol. The summed E-state index contributed by atoms with van der Waals surface area (Å²) < 4.78 is 20.5. The largest absolute Gasteiger partial charge is 0.478 e. The average Bonchev–Trinajstić information content (AvgIpc) is 3.33. The second kappa shape index (κ2) is 8.52. The highest BCUT2D eigenvalue weighted by Gasteiger charge is 2.43. The number of aromatic nitrogens is 2. The summed E-state index contributed by atoms with van der Waals surface area (Å²) in [7, 11) is 0. The highest BCUT2D eigenvalue weighted by molar-refractivity contribution is 5.88. The van der Waals surface area contributed by atoms with E-state index in [-0.39, 0.29) is 11.4 Å². The summed E-state index contributed by atoms with van der Waals surface area (Å²) in [5, 5.41) is 36.3. The summed E-state index contributed by atoms with van der Waals surface area (Å²) >= 11 is 0. The molecule has 1 fully saturated rings. The molecule has 0 radical (unpaired) electrons. The fourth-order valence-corrected chi connectivity index (χ4v) is 4.05. The van der Waals surface area contributed by atoms with Crippen molar-refractivity contribution in [3.63, 3.8) is 0 Å². The highest BCUT2D eigenvalue weighted by atomic mass is 19.1. The van der Waals surface area contributed by atoms with E-state index in [0.29, 0.717) is 34.9 Å². The number of aromatic carboxylic acids is 1. The van der Waals surface area contributed by atoms with Gasteiger partial charge in [-0.2, -0.15) is 5.10 Å². The number of hydrazine groups is 1. The number of nitrogens with zero attached hydrogens (tertiary/aromatic N) is 4. The van der Waals surface area contributed by atoms with Gasteiger partial charge in [0.05, 0.1) is 29.6 Å². The molecule has 34 heavy (non-hydrogen) atoms. The number of nitrogens with one attached hydrogen (secondary N) is 1. The van der Waals surface area contributed by atoms with Crippen LogP contribution in [0.4, 0.5) is 15.9 Å². The Hall–Kier alpha value is -3.80. The Morgan fingerprint density at radius 1 is 1.12 bits per heavy atom. The number of carbonyl (C=O) groups is 1. The normalized spacial score (nSPS) is 23.7. The molecule has 2 aliphatic rings. The van der Waals surface area contributed by atoms with Crippen LogP contribution in [-0.4, -0.2) is 60.7 Å². The standard InChI is InChI=1S/C23H22FN5O5/c1-12-19(30)20(31)22(34-12)29-21-17(18(27-29)13-2-4-14(5-3-13)23(32)33)10-28(11-25-21)26-16-8-6-15(24)7-9-16/h2-9,11-12,19-20,22,26,30-31H,10H2,1H3,(H,32,33)/t12-,19-,20-,22-/m1/s1. The van der Waals surface area contributed by atoms with E-state index >= 15 is 0 Å². The van der Waals surface area contributed by atoms with Gasteiger partial charge in [0.15, 0.2) is 12.0 Å². The quantitative estimate of drug-likeness (QED) is 0.450. The van der Waals surface area contributed by atoms with Crippen molar-refractivity contribution in [1.29, 1.82) is 0 Å². The van der Waals surface area contributed by atoms with Gasteiger partial charge >= 0.3 is 5.97 Å². The lowest BCUT2D eigenvalue weighted by atomic mass is 10.0. The molecule has 1 saturated heterocycles. The van der Waals surface area contributed by atoms with Crippen molar-refractivity contribution in [3.8, 4) is 11.3 Å². The van der Waals surface area contributed by atoms with E-state index in [1.807, 2.05) is 0 Å². The van der Waals surface area contributed by atoms with E-state index in [0.717, 1.165) is 0 Å². The van der Waals surface area contributed by atoms with Gasteiger partial charge < -0.3 is 20.1 Å². The van der Waals surface area contributed by atoms with Crippen LogP contribution in [0.2, 0.25) is 0 Å². The van der Waals surface area contributed by atoms with Crippen molar-refractivity contribution < 1.29 is 29.2 Å². The van der Waals surface area contributed by atoms with Crippen molar-refractivity contribution in [2.24, 2.45) is 4.99 Å². The second-order valence-corrected chi connectivity index (χ2v) is 8.18. The van der Waals surface area contributed by atoms with Crippen LogP contribution in [0, 0.1) is 5.82 Å². The third-order valence-corrected chi connectivity index (χ3v) is 5.87. The van der Waals surface area contributed by atoms with Gasteiger partial charge in [-0.05, 0) is 43.3 Å². The first-order chi connectivity index (χ1) is 16.3. The van der Waals surface area contributed by atoms with E-state index in [1.165, 1.54) is 28.9 Å². The lowest BCUT2D eigenvalue weighted by molar-refractivity contribution is -0.0384. The Morgan fingerprint density at radius 3 is 2.44 bits per heavy atom. The van der Waals surface area contributed by atoms with Crippen LogP contribution in [0.25, 0.3) is 11.3 Å². The SMILES string of the molecule is C[C@H]1O[C@@H](n2nc(-c3ccc(C(=O)O)cc3)c3c2N=CN(Nc2ccc(F)cc2)C3)[C@H](O)[C@@H]1O. The topological polar surface area (TPSA) is 132 Å². The molecule has 3 aromatic rings. The molecule has 10 nitrogen and oxygen atoms in total. The maximum Gasteiger partial charge on any atom is 0.335 e. The van der Waals surface area contributed by atoms with Crippen molar-refractivity contribution in [3.05, 3.63) is 65.5 Å². The summed E-state index contributed by atoms with van der Waals surface area (Å²) in [5.41, 5.74) is 5.81. The number of aliphatic hydroxyl groups is 2. The minimum absolute atomic E-state index is 0.140. The summed E-state index contributed by atoms with van der Waals surface area (Å²) in [6, 6.07) is 12.1. The molecule has 5 rings (SSSR count). The number of anilines is 1. The Balaban J connectivity index is 1.53. The number of halogens is 1. The smallest absolute Gasteiger partial charge is 0.335 e. The predicted molar refractivity (Wildman–Crippen MR) is 120 cm³/mol. The number of rotatable bonds is 5. The predicted octanol–water partition coefficient (Wildman–Crippen LogP) is 2.53. The molecule has 0 saturated carbocycles. The number of carboxylic acid groups (broad SMARTS) is 1. The molecule has 4 N–H and O–H groups in total. The van der Waals surface area contributed by atoms with E-state index in [2.05, 4.69) is 15.5 Å². The summed E-state index contributed by atoms with van der Waals surface area (Å²) in [6.45, 7) is 1.97. The number of ether oxygens (including phenoxy) is 1. The Morgan fingerprint density at radius 2 is 1.82 bits per heavy atom. The zero-order valence-electron chi connectivity index (χ0n) is 18.0. The molecule has 1 aromatic heterocycles. The number of hydrogen-bond donors (Lipinski definition) is 4.